The van der Waals surface area contributed by atoms with E-state index in [-0.39, 0.29) is 30.6 Å². The Morgan fingerprint density at radius 1 is 0.917 bits per heavy atom. The molecule has 2 aromatic carbocycles. The van der Waals surface area contributed by atoms with Gasteiger partial charge in [-0.15, -0.1) is 0 Å². The summed E-state index contributed by atoms with van der Waals surface area (Å²) in [7, 11) is 4.10. The van der Waals surface area contributed by atoms with Gasteiger partial charge in [0.1, 0.15) is 20.3 Å². The Kier molecular flexibility index (Phi) is 11.1. The van der Waals surface area contributed by atoms with Gasteiger partial charge in [-0.3, -0.25) is 25.0 Å². The van der Waals surface area contributed by atoms with Crippen molar-refractivity contribution in [3.63, 3.8) is 0 Å². The first-order valence-corrected chi connectivity index (χ1v) is 17.2. The van der Waals surface area contributed by atoms with Crippen LogP contribution >= 0.6 is 0 Å². The number of aromatic nitrogens is 2. The highest BCUT2D eigenvalue weighted by Gasteiger charge is 2.31. The molecule has 254 valence electrons. The highest BCUT2D eigenvalue weighted by atomic mass is 16.6. The lowest BCUT2D eigenvalue weighted by molar-refractivity contribution is 0.0658. The van der Waals surface area contributed by atoms with Gasteiger partial charge in [0.2, 0.25) is 5.95 Å². The number of likely N-dealkylation sites (tertiary alicyclic amines) is 2. The second kappa shape index (κ2) is 15.8. The van der Waals surface area contributed by atoms with E-state index in [9.17, 15) is 9.59 Å². The number of hydrogen-bond donors (Lipinski definition) is 2. The summed E-state index contributed by atoms with van der Waals surface area (Å²) in [4.78, 5) is 44.4. The summed E-state index contributed by atoms with van der Waals surface area (Å²) in [5.41, 5.74) is 12.6. The molecule has 3 aliphatic heterocycles. The van der Waals surface area contributed by atoms with Gasteiger partial charge in [-0.2, -0.15) is 4.98 Å². The highest BCUT2D eigenvalue weighted by Crippen LogP contribution is 2.22. The zero-order valence-electron chi connectivity index (χ0n) is 28.3. The lowest BCUT2D eigenvalue weighted by Crippen LogP contribution is -2.55. The van der Waals surface area contributed by atoms with Crippen molar-refractivity contribution in [2.45, 2.75) is 50.9 Å². The normalized spacial score (nSPS) is 18.8. The van der Waals surface area contributed by atoms with Crippen LogP contribution in [0.4, 0.5) is 16.6 Å². The predicted octanol–water partition coefficient (Wildman–Crippen LogP) is 1.48. The van der Waals surface area contributed by atoms with Crippen LogP contribution in [-0.2, 0) is 17.9 Å². The summed E-state index contributed by atoms with van der Waals surface area (Å²) >= 11 is 0. The van der Waals surface area contributed by atoms with Crippen molar-refractivity contribution in [1.82, 2.24) is 35.0 Å². The number of hydrazine groups is 1. The van der Waals surface area contributed by atoms with E-state index in [0.717, 1.165) is 43.8 Å². The number of carbonyl (C=O) groups excluding carboxylic acids is 2. The number of anilines is 2. The maximum atomic E-state index is 13.6. The number of piperidine rings is 2. The van der Waals surface area contributed by atoms with Crippen LogP contribution in [-0.4, -0.2) is 121 Å². The molecule has 3 saturated heterocycles. The fourth-order valence-electron chi connectivity index (χ4n) is 6.95. The van der Waals surface area contributed by atoms with Crippen LogP contribution in [0.15, 0.2) is 60.8 Å². The van der Waals surface area contributed by atoms with Crippen LogP contribution < -0.4 is 21.6 Å². The molecule has 0 aliphatic carbocycles. The molecule has 1 aromatic heterocycles. The predicted molar refractivity (Wildman–Crippen MR) is 190 cm³/mol. The van der Waals surface area contributed by atoms with E-state index in [0.29, 0.717) is 43.4 Å². The highest BCUT2D eigenvalue weighted by molar-refractivity contribution is 6.35. The van der Waals surface area contributed by atoms with Crippen LogP contribution in [0.2, 0.25) is 0 Å². The molecular formula is C35H48BN9O3. The fourth-order valence-corrected chi connectivity index (χ4v) is 6.95. The lowest BCUT2D eigenvalue weighted by atomic mass is 9.97. The Morgan fingerprint density at radius 2 is 1.60 bits per heavy atom. The van der Waals surface area contributed by atoms with Crippen LogP contribution in [0.1, 0.15) is 47.2 Å². The van der Waals surface area contributed by atoms with Crippen LogP contribution in [0.5, 0.6) is 0 Å². The van der Waals surface area contributed by atoms with Crippen molar-refractivity contribution >= 4 is 37.1 Å². The average Bonchev–Trinajstić information content (AvgIpc) is 3.12. The van der Waals surface area contributed by atoms with Gasteiger partial charge in [0.15, 0.2) is 0 Å². The molecule has 3 aromatic rings. The van der Waals surface area contributed by atoms with Gasteiger partial charge in [-0.1, -0.05) is 42.5 Å². The smallest absolute Gasteiger partial charge is 0.410 e. The number of likely N-dealkylation sites (N-methyl/N-ethyl adjacent to an activating group) is 1. The minimum absolute atomic E-state index is 0.104. The molecule has 0 spiro atoms. The van der Waals surface area contributed by atoms with Crippen LogP contribution in [0.25, 0.3) is 0 Å². The third kappa shape index (κ3) is 8.63. The van der Waals surface area contributed by atoms with Crippen molar-refractivity contribution in [2.75, 3.05) is 70.1 Å². The molecule has 0 atom stereocenters. The van der Waals surface area contributed by atoms with Gasteiger partial charge in [-0.05, 0) is 74.5 Å². The minimum atomic E-state index is -0.338. The summed E-state index contributed by atoms with van der Waals surface area (Å²) in [6.45, 7) is 8.97. The first-order valence-electron chi connectivity index (χ1n) is 17.2. The van der Waals surface area contributed by atoms with E-state index >= 15 is 0 Å². The van der Waals surface area contributed by atoms with Gasteiger partial charge >= 0.3 is 6.09 Å². The van der Waals surface area contributed by atoms with Crippen LogP contribution in [0, 0.1) is 0 Å². The molecule has 3 fully saturated rings. The molecule has 48 heavy (non-hydrogen) atoms. The Morgan fingerprint density at radius 3 is 2.29 bits per heavy atom. The fraction of sp³-hybridized carbons (Fsp3) is 0.486. The Bertz CT molecular complexity index is 1510. The molecule has 13 heteroatoms. The molecule has 6 rings (SSSR count). The lowest BCUT2D eigenvalue weighted by Gasteiger charge is -2.42. The Balaban J connectivity index is 1.04. The average molecular weight is 654 g/mol. The number of rotatable bonds is 9. The second-order valence-electron chi connectivity index (χ2n) is 13.3. The summed E-state index contributed by atoms with van der Waals surface area (Å²) in [6, 6.07) is 18.1. The second-order valence-corrected chi connectivity index (χ2v) is 13.3. The molecule has 0 bridgehead atoms. The Labute approximate surface area is 284 Å². The minimum Gasteiger partial charge on any atom is -0.445 e. The van der Waals surface area contributed by atoms with Gasteiger partial charge in [0.05, 0.1) is 6.04 Å². The number of amides is 2. The summed E-state index contributed by atoms with van der Waals surface area (Å²) in [5, 5.41) is 1.81. The van der Waals surface area contributed by atoms with Crippen molar-refractivity contribution in [3.05, 3.63) is 77.5 Å². The number of carbonyl (C=O) groups is 2. The number of nitrogens with two attached hydrogens (primary N) is 1. The first-order chi connectivity index (χ1) is 23.3. The number of nitrogens with zero attached hydrogens (tertiary/aromatic N) is 7. The first kappa shape index (κ1) is 33.7. The topological polar surface area (TPSA) is 123 Å². The van der Waals surface area contributed by atoms with Gasteiger partial charge < -0.3 is 20.3 Å². The third-order valence-electron chi connectivity index (χ3n) is 9.94. The maximum absolute atomic E-state index is 13.6. The number of piperazine rings is 1. The molecular weight excluding hydrogens is 605 g/mol. The third-order valence-corrected chi connectivity index (χ3v) is 9.94. The molecule has 3 aliphatic rings. The number of nitrogen functional groups attached to an aromatic ring is 1. The molecule has 2 amide bonds. The van der Waals surface area contributed by atoms with Crippen LogP contribution in [0.3, 0.4) is 0 Å². The molecule has 0 radical (unpaired) electrons. The molecule has 4 heterocycles. The van der Waals surface area contributed by atoms with Crippen molar-refractivity contribution < 1.29 is 14.3 Å². The summed E-state index contributed by atoms with van der Waals surface area (Å²) in [6.07, 6.45) is 4.98. The van der Waals surface area contributed by atoms with E-state index in [1.54, 1.807) is 16.1 Å². The monoisotopic (exact) mass is 653 g/mol. The zero-order valence-corrected chi connectivity index (χ0v) is 28.3. The van der Waals surface area contributed by atoms with E-state index < -0.39 is 0 Å². The number of nitrogens with one attached hydrogen (secondary N) is 1. The summed E-state index contributed by atoms with van der Waals surface area (Å²) < 4.78 is 5.56. The van der Waals surface area contributed by atoms with Gasteiger partial charge in [-0.25, -0.2) is 9.78 Å². The number of hydrogen-bond acceptors (Lipinski definition) is 10. The van der Waals surface area contributed by atoms with E-state index in [1.165, 1.54) is 31.5 Å². The molecule has 0 saturated carbocycles. The van der Waals surface area contributed by atoms with Gasteiger partial charge in [0.25, 0.3) is 5.91 Å². The van der Waals surface area contributed by atoms with Crippen molar-refractivity contribution in [1.29, 1.82) is 0 Å². The molecule has 3 N–H and O–H groups in total. The van der Waals surface area contributed by atoms with Gasteiger partial charge in [0, 0.05) is 63.6 Å². The van der Waals surface area contributed by atoms with E-state index in [2.05, 4.69) is 49.3 Å². The molecule has 12 nitrogen and oxygen atoms in total. The standard InChI is InChI=1S/C35H48BN9O3/c1-41-19-21-43(22-20-41)29-11-15-42(16-12-29)24-26-7-9-28(10-8-26)33(46)40-45(32-31(36)23-38-34(37)39-32)30-13-17-44(18-14-30)35(47)48-25-27-5-3-2-4-6-27/h2-10,23,29-30H,11-22,24-25,36H2,1H3,(H,40,46)(H2,37,38,39). The summed E-state index contributed by atoms with van der Waals surface area (Å²) in [5.74, 6) is 0.460. The SMILES string of the molecule is Bc1cnc(N)nc1N(NC(=O)c1ccc(CN2CCC(N3CCN(C)CC3)CC2)cc1)C1CCN(C(=O)OCc2ccccc2)CC1. The van der Waals surface area contributed by atoms with E-state index in [1.807, 2.05) is 50.3 Å². The largest absolute Gasteiger partial charge is 0.445 e. The number of ether oxygens (including phenoxy) is 1. The Hall–Kier alpha value is -4.20. The van der Waals surface area contributed by atoms with E-state index in [4.69, 9.17) is 10.5 Å². The quantitative estimate of drug-likeness (QED) is 0.260. The van der Waals surface area contributed by atoms with Crippen molar-refractivity contribution in [3.8, 4) is 0 Å². The molecule has 0 unspecified atom stereocenters. The van der Waals surface area contributed by atoms with Crippen molar-refractivity contribution in [2.24, 2.45) is 0 Å². The maximum Gasteiger partial charge on any atom is 0.410 e. The zero-order chi connectivity index (χ0) is 33.5. The number of benzene rings is 2.